The Morgan fingerprint density at radius 2 is 1.76 bits per heavy atom. The van der Waals surface area contributed by atoms with Gasteiger partial charge in [0.1, 0.15) is 12.6 Å². The van der Waals surface area contributed by atoms with E-state index in [4.69, 9.17) is 11.6 Å². The van der Waals surface area contributed by atoms with E-state index in [1.54, 1.807) is 55.5 Å². The molecule has 0 fully saturated rings. The number of para-hydroxylation sites is 1. The van der Waals surface area contributed by atoms with E-state index in [1.807, 2.05) is 13.8 Å². The fourth-order valence-electron chi connectivity index (χ4n) is 3.12. The summed E-state index contributed by atoms with van der Waals surface area (Å²) in [5.74, 6) is -0.580. The van der Waals surface area contributed by atoms with E-state index in [-0.39, 0.29) is 18.4 Å². The van der Waals surface area contributed by atoms with Crippen molar-refractivity contribution in [2.24, 2.45) is 5.92 Å². The van der Waals surface area contributed by atoms with Crippen molar-refractivity contribution in [3.05, 3.63) is 63.6 Å². The second kappa shape index (κ2) is 11.9. The molecule has 0 saturated heterocycles. The Kier molecular flexibility index (Phi) is 9.75. The highest BCUT2D eigenvalue weighted by Gasteiger charge is 2.30. The van der Waals surface area contributed by atoms with Crippen LogP contribution in [-0.2, 0) is 26.2 Å². The molecule has 0 aliphatic heterocycles. The first-order chi connectivity index (χ1) is 15.4. The number of carbonyl (C=O) groups is 2. The highest BCUT2D eigenvalue weighted by molar-refractivity contribution is 9.10. The number of hydrogen-bond donors (Lipinski definition) is 1. The Morgan fingerprint density at radius 3 is 2.33 bits per heavy atom. The topological polar surface area (TPSA) is 86.8 Å². The molecule has 2 aromatic rings. The Morgan fingerprint density at radius 1 is 1.09 bits per heavy atom. The highest BCUT2D eigenvalue weighted by atomic mass is 79.9. The predicted molar refractivity (Wildman–Crippen MR) is 136 cm³/mol. The van der Waals surface area contributed by atoms with Gasteiger partial charge in [-0.1, -0.05) is 49.7 Å². The van der Waals surface area contributed by atoms with Crippen LogP contribution in [0, 0.1) is 5.92 Å². The van der Waals surface area contributed by atoms with Crippen LogP contribution in [0.25, 0.3) is 0 Å². The monoisotopic (exact) mass is 557 g/mol. The van der Waals surface area contributed by atoms with Gasteiger partial charge in [0.15, 0.2) is 0 Å². The maximum absolute atomic E-state index is 13.4. The molecule has 0 spiro atoms. The first kappa shape index (κ1) is 27.1. The minimum atomic E-state index is -3.78. The van der Waals surface area contributed by atoms with Crippen molar-refractivity contribution < 1.29 is 18.0 Å². The molecular formula is C23H29BrClN3O4S. The zero-order valence-electron chi connectivity index (χ0n) is 19.1. The van der Waals surface area contributed by atoms with Crippen molar-refractivity contribution >= 4 is 55.1 Å². The molecule has 10 heteroatoms. The van der Waals surface area contributed by atoms with Crippen LogP contribution < -0.4 is 9.62 Å². The summed E-state index contributed by atoms with van der Waals surface area (Å²) in [6.07, 6.45) is 1.04. The van der Waals surface area contributed by atoms with Gasteiger partial charge in [-0.25, -0.2) is 8.42 Å². The molecule has 0 bridgehead atoms. The van der Waals surface area contributed by atoms with Crippen LogP contribution >= 0.6 is 27.5 Å². The van der Waals surface area contributed by atoms with Gasteiger partial charge in [0.25, 0.3) is 0 Å². The molecule has 0 unspecified atom stereocenters. The molecule has 0 aromatic heterocycles. The minimum absolute atomic E-state index is 0.100. The van der Waals surface area contributed by atoms with Crippen molar-refractivity contribution in [2.45, 2.75) is 33.4 Å². The zero-order valence-corrected chi connectivity index (χ0v) is 22.2. The minimum Gasteiger partial charge on any atom is -0.354 e. The summed E-state index contributed by atoms with van der Waals surface area (Å²) in [5, 5.41) is 3.34. The Balaban J connectivity index is 2.38. The number of benzene rings is 2. The van der Waals surface area contributed by atoms with Gasteiger partial charge in [-0.15, -0.1) is 0 Å². The van der Waals surface area contributed by atoms with Crippen LogP contribution in [0.15, 0.2) is 53.0 Å². The van der Waals surface area contributed by atoms with E-state index in [0.717, 1.165) is 16.1 Å². The fourth-order valence-corrected chi connectivity index (χ4v) is 4.81. The smallest absolute Gasteiger partial charge is 0.244 e. The fraction of sp³-hybridized carbons (Fsp3) is 0.391. The van der Waals surface area contributed by atoms with Crippen LogP contribution in [0.1, 0.15) is 26.3 Å². The molecule has 7 nitrogen and oxygen atoms in total. The third-order valence-corrected chi connectivity index (χ3v) is 6.93. The molecule has 0 aliphatic carbocycles. The molecule has 0 radical (unpaired) electrons. The second-order valence-electron chi connectivity index (χ2n) is 8.19. The van der Waals surface area contributed by atoms with E-state index in [0.29, 0.717) is 21.7 Å². The van der Waals surface area contributed by atoms with Crippen molar-refractivity contribution in [1.82, 2.24) is 10.2 Å². The van der Waals surface area contributed by atoms with Gasteiger partial charge in [-0.3, -0.25) is 13.9 Å². The van der Waals surface area contributed by atoms with Crippen molar-refractivity contribution in [3.8, 4) is 0 Å². The predicted octanol–water partition coefficient (Wildman–Crippen LogP) is 4.06. The van der Waals surface area contributed by atoms with Crippen molar-refractivity contribution in [1.29, 1.82) is 0 Å². The summed E-state index contributed by atoms with van der Waals surface area (Å²) in [6.45, 7) is 5.69. The summed E-state index contributed by atoms with van der Waals surface area (Å²) in [7, 11) is -3.78. The summed E-state index contributed by atoms with van der Waals surface area (Å²) in [6, 6.07) is 12.9. The molecule has 2 amide bonds. The molecule has 0 saturated carbocycles. The lowest BCUT2D eigenvalue weighted by Gasteiger charge is -2.32. The molecule has 0 aliphatic rings. The molecule has 1 N–H and O–H groups in total. The molecule has 0 heterocycles. The van der Waals surface area contributed by atoms with Gasteiger partial charge >= 0.3 is 0 Å². The number of amides is 2. The Labute approximate surface area is 209 Å². The molecule has 1 atom stereocenters. The third-order valence-electron chi connectivity index (χ3n) is 4.89. The molecule has 33 heavy (non-hydrogen) atoms. The van der Waals surface area contributed by atoms with Crippen molar-refractivity contribution in [3.63, 3.8) is 0 Å². The number of sulfonamides is 1. The number of nitrogens with one attached hydrogen (secondary N) is 1. The van der Waals surface area contributed by atoms with Crippen molar-refractivity contribution in [2.75, 3.05) is 23.7 Å². The van der Waals surface area contributed by atoms with Gasteiger partial charge < -0.3 is 10.2 Å². The lowest BCUT2D eigenvalue weighted by Crippen LogP contribution is -2.51. The summed E-state index contributed by atoms with van der Waals surface area (Å²) in [5.41, 5.74) is 1.07. The normalized spacial score (nSPS) is 12.3. The van der Waals surface area contributed by atoms with Gasteiger partial charge in [-0.2, -0.15) is 0 Å². The van der Waals surface area contributed by atoms with E-state index >= 15 is 0 Å². The largest absolute Gasteiger partial charge is 0.354 e. The van der Waals surface area contributed by atoms with Crippen LogP contribution in [0.3, 0.4) is 0 Å². The number of hydrogen-bond acceptors (Lipinski definition) is 4. The lowest BCUT2D eigenvalue weighted by molar-refractivity contribution is -0.139. The molecule has 2 aromatic carbocycles. The maximum Gasteiger partial charge on any atom is 0.244 e. The summed E-state index contributed by atoms with van der Waals surface area (Å²) < 4.78 is 26.7. The van der Waals surface area contributed by atoms with E-state index < -0.39 is 28.5 Å². The number of rotatable bonds is 10. The Bertz CT molecular complexity index is 1090. The number of anilines is 1. The first-order valence-corrected chi connectivity index (χ1v) is 13.5. The molecular weight excluding hydrogens is 530 g/mol. The Hall–Kier alpha value is -2.10. The van der Waals surface area contributed by atoms with E-state index in [1.165, 1.54) is 4.90 Å². The number of nitrogens with zero attached hydrogens (tertiary/aromatic N) is 2. The SMILES string of the molecule is CC(C)CNC(=O)[C@@H](C)N(Cc1cccc(Cl)c1)C(=O)CN(c1ccccc1Br)S(C)(=O)=O. The maximum atomic E-state index is 13.4. The highest BCUT2D eigenvalue weighted by Crippen LogP contribution is 2.28. The first-order valence-electron chi connectivity index (χ1n) is 10.4. The zero-order chi connectivity index (χ0) is 24.8. The van der Waals surface area contributed by atoms with Gasteiger partial charge in [0.05, 0.1) is 11.9 Å². The van der Waals surface area contributed by atoms with Gasteiger partial charge in [-0.05, 0) is 58.6 Å². The average Bonchev–Trinajstić information content (AvgIpc) is 2.73. The standard InChI is InChI=1S/C23H29BrClN3O4S/c1-16(2)13-26-23(30)17(3)27(14-18-8-7-9-19(25)12-18)22(29)15-28(33(4,31)32)21-11-6-5-10-20(21)24/h5-12,16-17H,13-15H2,1-4H3,(H,26,30)/t17-/m1/s1. The summed E-state index contributed by atoms with van der Waals surface area (Å²) >= 11 is 9.46. The second-order valence-corrected chi connectivity index (χ2v) is 11.4. The average molecular weight is 559 g/mol. The van der Waals surface area contributed by atoms with E-state index in [2.05, 4.69) is 21.2 Å². The van der Waals surface area contributed by atoms with Crippen LogP contribution in [0.4, 0.5) is 5.69 Å². The summed E-state index contributed by atoms with van der Waals surface area (Å²) in [4.78, 5) is 27.6. The number of carbonyl (C=O) groups excluding carboxylic acids is 2. The lowest BCUT2D eigenvalue weighted by atomic mass is 10.1. The van der Waals surface area contributed by atoms with Gasteiger partial charge in [0.2, 0.25) is 21.8 Å². The van der Waals surface area contributed by atoms with Crippen LogP contribution in [0.5, 0.6) is 0 Å². The number of halogens is 2. The third kappa shape index (κ3) is 8.01. The van der Waals surface area contributed by atoms with Crippen LogP contribution in [-0.4, -0.2) is 50.5 Å². The quantitative estimate of drug-likeness (QED) is 0.477. The molecule has 2 rings (SSSR count). The van der Waals surface area contributed by atoms with Crippen LogP contribution in [0.2, 0.25) is 5.02 Å². The van der Waals surface area contributed by atoms with Gasteiger partial charge in [0, 0.05) is 22.6 Å². The van der Waals surface area contributed by atoms with E-state index in [9.17, 15) is 18.0 Å². The molecule has 180 valence electrons.